The van der Waals surface area contributed by atoms with Gasteiger partial charge in [0.25, 0.3) is 0 Å². The molecule has 6 heteroatoms. The van der Waals surface area contributed by atoms with Crippen LogP contribution in [0.25, 0.3) is 0 Å². The molecule has 0 spiro atoms. The Morgan fingerprint density at radius 3 is 2.65 bits per heavy atom. The highest BCUT2D eigenvalue weighted by molar-refractivity contribution is 5.78. The Hall–Kier alpha value is -2.47. The largest absolute Gasteiger partial charge is 0.351 e. The fraction of sp³-hybridized carbons (Fsp3) is 0.560. The number of nitrogens with one attached hydrogen (secondary N) is 1. The number of carbonyl (C=O) groups is 1. The van der Waals surface area contributed by atoms with Crippen LogP contribution >= 0.6 is 0 Å². The number of hydrogen-bond acceptors (Lipinski definition) is 5. The zero-order valence-electron chi connectivity index (χ0n) is 18.6. The monoisotopic (exact) mass is 421 g/mol. The number of anilines is 1. The molecule has 1 aromatic heterocycles. The van der Waals surface area contributed by atoms with Crippen LogP contribution in [0.3, 0.4) is 0 Å². The first kappa shape index (κ1) is 21.8. The molecule has 31 heavy (non-hydrogen) atoms. The van der Waals surface area contributed by atoms with Crippen molar-refractivity contribution < 1.29 is 4.79 Å². The van der Waals surface area contributed by atoms with Crippen LogP contribution in [0.15, 0.2) is 48.7 Å². The molecule has 6 nitrogen and oxygen atoms in total. The summed E-state index contributed by atoms with van der Waals surface area (Å²) in [5.41, 5.74) is 1.23. The Labute approximate surface area is 186 Å². The molecule has 2 unspecified atom stereocenters. The quantitative estimate of drug-likeness (QED) is 0.702. The average Bonchev–Trinajstić information content (AvgIpc) is 3.27. The van der Waals surface area contributed by atoms with Crippen LogP contribution in [0.5, 0.6) is 0 Å². The summed E-state index contributed by atoms with van der Waals surface area (Å²) in [7, 11) is 2.05. The van der Waals surface area contributed by atoms with Crippen LogP contribution in [-0.4, -0.2) is 53.7 Å². The first-order valence-electron chi connectivity index (χ1n) is 11.8. The number of benzene rings is 1. The zero-order valence-corrected chi connectivity index (χ0v) is 18.6. The van der Waals surface area contributed by atoms with Gasteiger partial charge in [0.05, 0.1) is 12.6 Å². The molecule has 2 aliphatic rings. The first-order valence-corrected chi connectivity index (χ1v) is 11.8. The lowest BCUT2D eigenvalue weighted by Crippen LogP contribution is -2.44. The number of likely N-dealkylation sites (N-methyl/N-ethyl adjacent to an activating group) is 1. The molecule has 4 rings (SSSR count). The summed E-state index contributed by atoms with van der Waals surface area (Å²) < 4.78 is 0. The summed E-state index contributed by atoms with van der Waals surface area (Å²) in [5, 5.41) is 11.7. The van der Waals surface area contributed by atoms with Gasteiger partial charge in [-0.2, -0.15) is 5.10 Å². The SMILES string of the molecule is CN(CC(=O)NC(c1ccccc1)C1CCCCC1)CC1CCCN1c1cccnn1. The summed E-state index contributed by atoms with van der Waals surface area (Å²) in [6.07, 6.45) is 10.2. The standard InChI is InChI=1S/C25H35N5O/c1-29(18-22-14-9-17-30(22)23-15-8-16-26-28-23)19-24(31)27-25(20-10-4-2-5-11-20)21-12-6-3-7-13-21/h2,4-5,8,10-11,15-16,21-22,25H,3,6-7,9,12-14,17-19H2,1H3,(H,27,31). The average molecular weight is 422 g/mol. The molecule has 2 atom stereocenters. The van der Waals surface area contributed by atoms with Crippen molar-refractivity contribution in [3.05, 3.63) is 54.2 Å². The summed E-state index contributed by atoms with van der Waals surface area (Å²) in [5.74, 6) is 1.59. The smallest absolute Gasteiger partial charge is 0.234 e. The number of nitrogens with zero attached hydrogens (tertiary/aromatic N) is 4. The fourth-order valence-corrected chi connectivity index (χ4v) is 5.26. The van der Waals surface area contributed by atoms with Gasteiger partial charge in [0, 0.05) is 25.3 Å². The fourth-order valence-electron chi connectivity index (χ4n) is 5.26. The molecular weight excluding hydrogens is 386 g/mol. The molecule has 1 amide bonds. The number of rotatable bonds is 8. The summed E-state index contributed by atoms with van der Waals surface area (Å²) in [6, 6.07) is 14.9. The number of hydrogen-bond donors (Lipinski definition) is 1. The van der Waals surface area contributed by atoms with Crippen molar-refractivity contribution in [2.45, 2.75) is 57.0 Å². The van der Waals surface area contributed by atoms with E-state index in [2.05, 4.69) is 49.6 Å². The maximum absolute atomic E-state index is 13.0. The maximum atomic E-state index is 13.0. The van der Waals surface area contributed by atoms with E-state index in [1.807, 2.05) is 25.2 Å². The van der Waals surface area contributed by atoms with Crippen molar-refractivity contribution in [3.63, 3.8) is 0 Å². The molecule has 1 aliphatic carbocycles. The van der Waals surface area contributed by atoms with Gasteiger partial charge in [0.15, 0.2) is 5.82 Å². The van der Waals surface area contributed by atoms with Crippen LogP contribution in [0, 0.1) is 5.92 Å². The third-order valence-corrected chi connectivity index (χ3v) is 6.76. The zero-order chi connectivity index (χ0) is 21.5. The Balaban J connectivity index is 1.35. The second kappa shape index (κ2) is 10.7. The van der Waals surface area contributed by atoms with Gasteiger partial charge in [-0.05, 0) is 56.3 Å². The summed E-state index contributed by atoms with van der Waals surface area (Å²) in [6.45, 7) is 2.27. The lowest BCUT2D eigenvalue weighted by molar-refractivity contribution is -0.123. The van der Waals surface area contributed by atoms with E-state index >= 15 is 0 Å². The van der Waals surface area contributed by atoms with Crippen LogP contribution < -0.4 is 10.2 Å². The molecule has 0 radical (unpaired) electrons. The van der Waals surface area contributed by atoms with E-state index in [0.29, 0.717) is 18.5 Å². The molecule has 1 N–H and O–H groups in total. The normalized spacial score (nSPS) is 20.7. The van der Waals surface area contributed by atoms with Gasteiger partial charge in [-0.1, -0.05) is 49.6 Å². The topological polar surface area (TPSA) is 61.4 Å². The molecule has 166 valence electrons. The molecular formula is C25H35N5O. The highest BCUT2D eigenvalue weighted by Gasteiger charge is 2.29. The number of carbonyl (C=O) groups excluding carboxylic acids is 1. The van der Waals surface area contributed by atoms with E-state index in [1.54, 1.807) is 6.20 Å². The molecule has 2 heterocycles. The predicted octanol–water partition coefficient (Wildman–Crippen LogP) is 3.82. The minimum absolute atomic E-state index is 0.116. The maximum Gasteiger partial charge on any atom is 0.234 e. The number of amides is 1. The van der Waals surface area contributed by atoms with Crippen molar-refractivity contribution in [2.75, 3.05) is 31.6 Å². The van der Waals surface area contributed by atoms with Gasteiger partial charge in [0.1, 0.15) is 0 Å². The van der Waals surface area contributed by atoms with Crippen LogP contribution in [-0.2, 0) is 4.79 Å². The van der Waals surface area contributed by atoms with Crippen molar-refractivity contribution in [2.24, 2.45) is 5.92 Å². The van der Waals surface area contributed by atoms with Gasteiger partial charge in [-0.3, -0.25) is 9.69 Å². The third-order valence-electron chi connectivity index (χ3n) is 6.76. The van der Waals surface area contributed by atoms with E-state index in [-0.39, 0.29) is 11.9 Å². The van der Waals surface area contributed by atoms with Crippen molar-refractivity contribution in [1.82, 2.24) is 20.4 Å². The Morgan fingerprint density at radius 1 is 1.10 bits per heavy atom. The second-order valence-electron chi connectivity index (χ2n) is 9.12. The van der Waals surface area contributed by atoms with Crippen LogP contribution in [0.1, 0.15) is 56.6 Å². The van der Waals surface area contributed by atoms with E-state index in [0.717, 1.165) is 31.7 Å². The van der Waals surface area contributed by atoms with Gasteiger partial charge < -0.3 is 10.2 Å². The lowest BCUT2D eigenvalue weighted by atomic mass is 9.81. The first-order chi connectivity index (χ1) is 15.2. The second-order valence-corrected chi connectivity index (χ2v) is 9.12. The Morgan fingerprint density at radius 2 is 1.90 bits per heavy atom. The van der Waals surface area contributed by atoms with E-state index in [1.165, 1.54) is 37.7 Å². The summed E-state index contributed by atoms with van der Waals surface area (Å²) in [4.78, 5) is 17.5. The lowest BCUT2D eigenvalue weighted by Gasteiger charge is -2.32. The third kappa shape index (κ3) is 5.82. The van der Waals surface area contributed by atoms with Crippen LogP contribution in [0.4, 0.5) is 5.82 Å². The van der Waals surface area contributed by atoms with E-state index in [4.69, 9.17) is 0 Å². The molecule has 1 aliphatic heterocycles. The van der Waals surface area contributed by atoms with Gasteiger partial charge in [0.2, 0.25) is 5.91 Å². The molecule has 1 aromatic carbocycles. The highest BCUT2D eigenvalue weighted by atomic mass is 16.2. The van der Waals surface area contributed by atoms with Crippen LogP contribution in [0.2, 0.25) is 0 Å². The number of aromatic nitrogens is 2. The molecule has 1 saturated heterocycles. The molecule has 2 fully saturated rings. The van der Waals surface area contributed by atoms with Gasteiger partial charge in [-0.15, -0.1) is 5.10 Å². The minimum atomic E-state index is 0.116. The van der Waals surface area contributed by atoms with Crippen molar-refractivity contribution in [3.8, 4) is 0 Å². The van der Waals surface area contributed by atoms with E-state index < -0.39 is 0 Å². The highest BCUT2D eigenvalue weighted by Crippen LogP contribution is 2.34. The van der Waals surface area contributed by atoms with Crippen molar-refractivity contribution in [1.29, 1.82) is 0 Å². The van der Waals surface area contributed by atoms with Gasteiger partial charge in [-0.25, -0.2) is 0 Å². The van der Waals surface area contributed by atoms with Crippen molar-refractivity contribution >= 4 is 11.7 Å². The molecule has 0 bridgehead atoms. The Bertz CT molecular complexity index is 809. The minimum Gasteiger partial charge on any atom is -0.351 e. The molecule has 1 saturated carbocycles. The van der Waals surface area contributed by atoms with Gasteiger partial charge >= 0.3 is 0 Å². The summed E-state index contributed by atoms with van der Waals surface area (Å²) >= 11 is 0. The van der Waals surface area contributed by atoms with E-state index in [9.17, 15) is 4.79 Å². The molecule has 2 aromatic rings. The Kier molecular flexibility index (Phi) is 7.52. The predicted molar refractivity (Wildman–Crippen MR) is 124 cm³/mol.